The Balaban J connectivity index is 1.71. The fourth-order valence-electron chi connectivity index (χ4n) is 3.81. The molecule has 0 N–H and O–H groups in total. The molecule has 3 heterocycles. The predicted octanol–water partition coefficient (Wildman–Crippen LogP) is 1.72. The molecule has 2 aromatic heterocycles. The van der Waals surface area contributed by atoms with Crippen LogP contribution in [0.4, 0.5) is 0 Å². The second-order valence-electron chi connectivity index (χ2n) is 6.66. The molecule has 6 nitrogen and oxygen atoms in total. The first-order valence-electron chi connectivity index (χ1n) is 8.55. The molecular weight excluding hydrogens is 326 g/mol. The lowest BCUT2D eigenvalue weighted by Gasteiger charge is -2.32. The summed E-state index contributed by atoms with van der Waals surface area (Å²) < 4.78 is 28.8. The average molecular weight is 347 g/mol. The summed E-state index contributed by atoms with van der Waals surface area (Å²) in [4.78, 5) is 17.3. The van der Waals surface area contributed by atoms with Gasteiger partial charge in [0.1, 0.15) is 5.65 Å². The maximum Gasteiger partial charge on any atom is 0.262 e. The quantitative estimate of drug-likeness (QED) is 0.829. The largest absolute Gasteiger partial charge is 0.269 e. The summed E-state index contributed by atoms with van der Waals surface area (Å²) in [6.45, 7) is 0.569. The van der Waals surface area contributed by atoms with Gasteiger partial charge in [0.2, 0.25) is 10.0 Å². The molecule has 7 heteroatoms. The van der Waals surface area contributed by atoms with Crippen molar-refractivity contribution in [2.75, 3.05) is 6.54 Å². The lowest BCUT2D eigenvalue weighted by molar-refractivity contribution is 0.366. The molecule has 1 aliphatic heterocycles. The highest BCUT2D eigenvalue weighted by Crippen LogP contribution is 2.28. The van der Waals surface area contributed by atoms with Gasteiger partial charge >= 0.3 is 0 Å². The minimum absolute atomic E-state index is 0.151. The van der Waals surface area contributed by atoms with Crippen LogP contribution in [0.3, 0.4) is 0 Å². The number of aromatic nitrogens is 2. The van der Waals surface area contributed by atoms with Gasteiger partial charge in [-0.3, -0.25) is 9.20 Å². The van der Waals surface area contributed by atoms with Crippen molar-refractivity contribution in [2.24, 2.45) is 0 Å². The summed E-state index contributed by atoms with van der Waals surface area (Å²) >= 11 is 0. The molecule has 128 valence electrons. The molecule has 0 spiro atoms. The standard InChI is InChI=1S/C17H21N3O3S/c21-17-14-12-19(24(22,23)13-6-2-1-3-7-13)11-9-15(14)18-16-8-4-5-10-20(16)17/h4-5,8,10,13H,1-3,6-7,9,11-12H2. The van der Waals surface area contributed by atoms with Crippen LogP contribution in [0.15, 0.2) is 29.2 Å². The third-order valence-electron chi connectivity index (χ3n) is 5.18. The van der Waals surface area contributed by atoms with Gasteiger partial charge in [-0.05, 0) is 25.0 Å². The Kier molecular flexibility index (Phi) is 3.92. The monoisotopic (exact) mass is 347 g/mol. The highest BCUT2D eigenvalue weighted by atomic mass is 32.2. The van der Waals surface area contributed by atoms with E-state index in [0.29, 0.717) is 24.2 Å². The highest BCUT2D eigenvalue weighted by molar-refractivity contribution is 7.89. The third kappa shape index (κ3) is 2.56. The molecule has 24 heavy (non-hydrogen) atoms. The molecule has 1 fully saturated rings. The smallest absolute Gasteiger partial charge is 0.262 e. The van der Waals surface area contributed by atoms with Crippen LogP contribution in [0.5, 0.6) is 0 Å². The first-order chi connectivity index (χ1) is 11.6. The van der Waals surface area contributed by atoms with E-state index >= 15 is 0 Å². The Morgan fingerprint density at radius 3 is 2.71 bits per heavy atom. The van der Waals surface area contributed by atoms with Crippen LogP contribution in [0.1, 0.15) is 43.4 Å². The van der Waals surface area contributed by atoms with Crippen LogP contribution in [0.2, 0.25) is 0 Å². The molecule has 1 saturated carbocycles. The van der Waals surface area contributed by atoms with E-state index in [-0.39, 0.29) is 17.4 Å². The van der Waals surface area contributed by atoms with Crippen molar-refractivity contribution in [3.05, 3.63) is 46.0 Å². The molecule has 2 aromatic rings. The number of pyridine rings is 1. The summed E-state index contributed by atoms with van der Waals surface area (Å²) in [7, 11) is -3.34. The first kappa shape index (κ1) is 15.8. The molecule has 0 amide bonds. The minimum atomic E-state index is -3.34. The number of hydrogen-bond donors (Lipinski definition) is 0. The van der Waals surface area contributed by atoms with E-state index < -0.39 is 10.0 Å². The first-order valence-corrected chi connectivity index (χ1v) is 10.1. The van der Waals surface area contributed by atoms with Crippen molar-refractivity contribution in [3.8, 4) is 0 Å². The molecule has 4 rings (SSSR count). The van der Waals surface area contributed by atoms with Gasteiger partial charge in [-0.15, -0.1) is 0 Å². The average Bonchev–Trinajstić information content (AvgIpc) is 2.62. The van der Waals surface area contributed by atoms with Crippen LogP contribution in [0, 0.1) is 0 Å². The lowest BCUT2D eigenvalue weighted by Crippen LogP contribution is -2.44. The molecule has 0 unspecified atom stereocenters. The molecule has 0 saturated heterocycles. The van der Waals surface area contributed by atoms with Gasteiger partial charge in [-0.1, -0.05) is 25.3 Å². The van der Waals surface area contributed by atoms with Gasteiger partial charge in [0.15, 0.2) is 0 Å². The van der Waals surface area contributed by atoms with Crippen molar-refractivity contribution in [3.63, 3.8) is 0 Å². The maximum absolute atomic E-state index is 12.9. The number of fused-ring (bicyclic) bond motifs is 2. The zero-order valence-corrected chi connectivity index (χ0v) is 14.3. The fraction of sp³-hybridized carbons (Fsp3) is 0.529. The summed E-state index contributed by atoms with van der Waals surface area (Å²) in [5.74, 6) is 0. The zero-order valence-electron chi connectivity index (χ0n) is 13.5. The molecule has 0 radical (unpaired) electrons. The van der Waals surface area contributed by atoms with Gasteiger partial charge < -0.3 is 0 Å². The van der Waals surface area contributed by atoms with E-state index in [9.17, 15) is 13.2 Å². The Morgan fingerprint density at radius 1 is 1.12 bits per heavy atom. The van der Waals surface area contributed by atoms with Gasteiger partial charge in [-0.25, -0.2) is 13.4 Å². The second kappa shape index (κ2) is 5.97. The van der Waals surface area contributed by atoms with Crippen LogP contribution in [-0.4, -0.2) is 33.9 Å². The summed E-state index contributed by atoms with van der Waals surface area (Å²) in [6, 6.07) is 5.42. The van der Waals surface area contributed by atoms with E-state index in [1.165, 1.54) is 8.71 Å². The summed E-state index contributed by atoms with van der Waals surface area (Å²) in [5, 5.41) is -0.288. The maximum atomic E-state index is 12.9. The Labute approximate surface area is 141 Å². The van der Waals surface area contributed by atoms with E-state index in [4.69, 9.17) is 0 Å². The topological polar surface area (TPSA) is 71.8 Å². The second-order valence-corrected chi connectivity index (χ2v) is 8.87. The van der Waals surface area contributed by atoms with Crippen LogP contribution < -0.4 is 5.56 Å². The molecule has 2 aliphatic rings. The van der Waals surface area contributed by atoms with Gasteiger partial charge in [0.05, 0.1) is 16.5 Å². The Hall–Kier alpha value is -1.73. The zero-order chi connectivity index (χ0) is 16.7. The van der Waals surface area contributed by atoms with Crippen LogP contribution in [0.25, 0.3) is 5.65 Å². The molecule has 0 bridgehead atoms. The van der Waals surface area contributed by atoms with Crippen molar-refractivity contribution < 1.29 is 8.42 Å². The van der Waals surface area contributed by atoms with Crippen LogP contribution in [-0.2, 0) is 23.0 Å². The number of hydrogen-bond acceptors (Lipinski definition) is 4. The van der Waals surface area contributed by atoms with Crippen molar-refractivity contribution in [2.45, 2.75) is 50.3 Å². The molecule has 0 aromatic carbocycles. The Bertz CT molecular complexity index is 930. The van der Waals surface area contributed by atoms with Crippen LogP contribution >= 0.6 is 0 Å². The minimum Gasteiger partial charge on any atom is -0.269 e. The van der Waals surface area contributed by atoms with Gasteiger partial charge in [-0.2, -0.15) is 4.31 Å². The molecule has 1 aliphatic carbocycles. The fourth-order valence-corrected chi connectivity index (χ4v) is 5.82. The molecular formula is C17H21N3O3S. The third-order valence-corrected chi connectivity index (χ3v) is 7.52. The number of sulfonamides is 1. The molecule has 0 atom stereocenters. The Morgan fingerprint density at radius 2 is 1.92 bits per heavy atom. The van der Waals surface area contributed by atoms with E-state index in [1.807, 2.05) is 6.07 Å². The predicted molar refractivity (Wildman–Crippen MR) is 91.4 cm³/mol. The van der Waals surface area contributed by atoms with E-state index in [1.54, 1.807) is 18.3 Å². The van der Waals surface area contributed by atoms with E-state index in [2.05, 4.69) is 4.98 Å². The highest BCUT2D eigenvalue weighted by Gasteiger charge is 2.36. The van der Waals surface area contributed by atoms with E-state index in [0.717, 1.165) is 37.8 Å². The van der Waals surface area contributed by atoms with Crippen molar-refractivity contribution in [1.29, 1.82) is 0 Å². The lowest BCUT2D eigenvalue weighted by atomic mass is 10.0. The van der Waals surface area contributed by atoms with Crippen molar-refractivity contribution >= 4 is 15.7 Å². The van der Waals surface area contributed by atoms with Crippen molar-refractivity contribution in [1.82, 2.24) is 13.7 Å². The summed E-state index contributed by atoms with van der Waals surface area (Å²) in [5.41, 5.74) is 1.72. The van der Waals surface area contributed by atoms with Gasteiger partial charge in [0, 0.05) is 25.7 Å². The normalized spacial score (nSPS) is 20.2. The number of nitrogens with zero attached hydrogens (tertiary/aromatic N) is 3. The SMILES string of the molecule is O=c1c2c(nc3ccccn13)CCN(S(=O)(=O)C1CCCCC1)C2. The number of rotatable bonds is 2. The summed E-state index contributed by atoms with van der Waals surface area (Å²) in [6.07, 6.45) is 6.72. The van der Waals surface area contributed by atoms with Gasteiger partial charge in [0.25, 0.3) is 5.56 Å².